The van der Waals surface area contributed by atoms with Crippen molar-refractivity contribution >= 4 is 0 Å². The monoisotopic (exact) mass is 154 g/mol. The van der Waals surface area contributed by atoms with E-state index in [9.17, 15) is 0 Å². The van der Waals surface area contributed by atoms with E-state index >= 15 is 0 Å². The molecule has 11 heavy (non-hydrogen) atoms. The largest absolute Gasteiger partial charge is 1.00 e. The molecule has 0 aromatic heterocycles. The smallest absolute Gasteiger partial charge is 0.429 e. The predicted octanol–water partition coefficient (Wildman–Crippen LogP) is -1.45. The van der Waals surface area contributed by atoms with Gasteiger partial charge in [-0.25, -0.2) is 0 Å². The SMILES string of the molecule is C#Cc1cccc([CH-]O)c1.[Na+]. The molecule has 0 radical (unpaired) electrons. The van der Waals surface area contributed by atoms with Crippen LogP contribution in [0.25, 0.3) is 0 Å². The van der Waals surface area contributed by atoms with Gasteiger partial charge in [0.1, 0.15) is 0 Å². The fourth-order valence-corrected chi connectivity index (χ4v) is 0.709. The summed E-state index contributed by atoms with van der Waals surface area (Å²) in [6.45, 7) is 1.03. The molecule has 0 unspecified atom stereocenters. The third kappa shape index (κ3) is 3.00. The minimum absolute atomic E-state index is 0. The molecule has 1 aromatic carbocycles. The van der Waals surface area contributed by atoms with Crippen LogP contribution in [0.2, 0.25) is 0 Å². The molecule has 1 N–H and O–H groups in total. The number of rotatable bonds is 1. The van der Waals surface area contributed by atoms with Crippen LogP contribution < -0.4 is 29.6 Å². The molecule has 2 heteroatoms. The first-order valence-corrected chi connectivity index (χ1v) is 2.91. The normalized spacial score (nSPS) is 7.64. The first kappa shape index (κ1) is 10.6. The van der Waals surface area contributed by atoms with E-state index in [2.05, 4.69) is 5.92 Å². The maximum Gasteiger partial charge on any atom is 1.00 e. The van der Waals surface area contributed by atoms with E-state index in [1.54, 1.807) is 18.2 Å². The van der Waals surface area contributed by atoms with Gasteiger partial charge in [-0.15, -0.1) is 18.6 Å². The van der Waals surface area contributed by atoms with Crippen LogP contribution in [0.15, 0.2) is 24.3 Å². The van der Waals surface area contributed by atoms with Gasteiger partial charge in [0.15, 0.2) is 0 Å². The van der Waals surface area contributed by atoms with Crippen molar-refractivity contribution in [1.82, 2.24) is 0 Å². The summed E-state index contributed by atoms with van der Waals surface area (Å²) in [7, 11) is 0. The molecule has 0 aliphatic rings. The van der Waals surface area contributed by atoms with E-state index in [4.69, 9.17) is 11.5 Å². The minimum Gasteiger partial charge on any atom is -0.429 e. The molecule has 1 nitrogen and oxygen atoms in total. The van der Waals surface area contributed by atoms with Crippen LogP contribution in [-0.2, 0) is 0 Å². The zero-order valence-corrected chi connectivity index (χ0v) is 8.41. The molecule has 0 heterocycles. The number of hydrogen-bond acceptors (Lipinski definition) is 1. The number of aliphatic hydroxyl groups is 1. The predicted molar refractivity (Wildman–Crippen MR) is 39.7 cm³/mol. The molecule has 0 amide bonds. The third-order valence-electron chi connectivity index (χ3n) is 1.20. The van der Waals surface area contributed by atoms with Gasteiger partial charge >= 0.3 is 29.6 Å². The Hall–Kier alpha value is -0.390. The van der Waals surface area contributed by atoms with Crippen molar-refractivity contribution in [3.63, 3.8) is 0 Å². The number of benzene rings is 1. The van der Waals surface area contributed by atoms with Crippen molar-refractivity contribution in [2.75, 3.05) is 0 Å². The Morgan fingerprint density at radius 1 is 1.45 bits per heavy atom. The maximum atomic E-state index is 8.56. The molecule has 0 spiro atoms. The van der Waals surface area contributed by atoms with Gasteiger partial charge in [0.2, 0.25) is 0 Å². The van der Waals surface area contributed by atoms with Gasteiger partial charge < -0.3 is 5.11 Å². The van der Waals surface area contributed by atoms with Crippen molar-refractivity contribution in [3.8, 4) is 12.3 Å². The summed E-state index contributed by atoms with van der Waals surface area (Å²) in [4.78, 5) is 0. The summed E-state index contributed by atoms with van der Waals surface area (Å²) in [5.41, 5.74) is 1.51. The van der Waals surface area contributed by atoms with Gasteiger partial charge in [0.25, 0.3) is 0 Å². The topological polar surface area (TPSA) is 20.2 Å². The molecule has 1 aromatic rings. The third-order valence-corrected chi connectivity index (χ3v) is 1.20. The Balaban J connectivity index is 0.000001000. The van der Waals surface area contributed by atoms with E-state index in [1.165, 1.54) is 0 Å². The van der Waals surface area contributed by atoms with Crippen LogP contribution in [-0.4, -0.2) is 5.11 Å². The van der Waals surface area contributed by atoms with Crippen molar-refractivity contribution in [3.05, 3.63) is 42.0 Å². The van der Waals surface area contributed by atoms with E-state index in [0.717, 1.165) is 17.7 Å². The molecule has 0 atom stereocenters. The van der Waals surface area contributed by atoms with Crippen LogP contribution in [0.1, 0.15) is 11.1 Å². The van der Waals surface area contributed by atoms with Crippen molar-refractivity contribution in [2.24, 2.45) is 0 Å². The summed E-state index contributed by atoms with van der Waals surface area (Å²) < 4.78 is 0. The van der Waals surface area contributed by atoms with Gasteiger partial charge in [-0.3, -0.25) is 0 Å². The van der Waals surface area contributed by atoms with E-state index in [0.29, 0.717) is 0 Å². The Bertz CT molecular complexity index is 263. The zero-order valence-electron chi connectivity index (χ0n) is 6.41. The van der Waals surface area contributed by atoms with Crippen LogP contribution >= 0.6 is 0 Å². The number of terminal acetylenes is 1. The Morgan fingerprint density at radius 3 is 2.73 bits per heavy atom. The molecule has 50 valence electrons. The van der Waals surface area contributed by atoms with E-state index in [1.807, 2.05) is 6.07 Å². The van der Waals surface area contributed by atoms with E-state index in [-0.39, 0.29) is 29.6 Å². The van der Waals surface area contributed by atoms with Crippen LogP contribution in [0, 0.1) is 19.0 Å². The molecule has 0 saturated carbocycles. The van der Waals surface area contributed by atoms with Gasteiger partial charge in [0.05, 0.1) is 0 Å². The Kier molecular flexibility index (Phi) is 5.10. The fraction of sp³-hybridized carbons (Fsp3) is 0. The minimum atomic E-state index is 0. The van der Waals surface area contributed by atoms with Crippen LogP contribution in [0.4, 0.5) is 0 Å². The zero-order chi connectivity index (χ0) is 7.40. The molecule has 0 aliphatic heterocycles. The van der Waals surface area contributed by atoms with Gasteiger partial charge in [-0.1, -0.05) is 18.6 Å². The number of aliphatic hydroxyl groups excluding tert-OH is 1. The van der Waals surface area contributed by atoms with E-state index < -0.39 is 0 Å². The molecular formula is C9H7NaO. The molecule has 0 saturated heterocycles. The first-order chi connectivity index (χ1) is 4.86. The standard InChI is InChI=1S/C9H7O.Na/c1-2-8-4-3-5-9(6-8)7-10;/h1,3-7,10H;/q-1;+1. The average Bonchev–Trinajstić information content (AvgIpc) is 2.05. The van der Waals surface area contributed by atoms with Crippen molar-refractivity contribution in [2.45, 2.75) is 0 Å². The van der Waals surface area contributed by atoms with Gasteiger partial charge in [-0.2, -0.15) is 11.6 Å². The summed E-state index contributed by atoms with van der Waals surface area (Å²) >= 11 is 0. The summed E-state index contributed by atoms with van der Waals surface area (Å²) in [5, 5.41) is 8.56. The molecule has 1 rings (SSSR count). The fourth-order valence-electron chi connectivity index (χ4n) is 0.709. The maximum absolute atomic E-state index is 8.56. The number of hydrogen-bond donors (Lipinski definition) is 1. The van der Waals surface area contributed by atoms with Gasteiger partial charge in [-0.05, 0) is 5.56 Å². The second kappa shape index (κ2) is 5.29. The Morgan fingerprint density at radius 2 is 2.18 bits per heavy atom. The summed E-state index contributed by atoms with van der Waals surface area (Å²) in [6.07, 6.45) is 5.13. The molecule has 0 bridgehead atoms. The first-order valence-electron chi connectivity index (χ1n) is 2.91. The molecule has 0 fully saturated rings. The summed E-state index contributed by atoms with van der Waals surface area (Å²) in [6, 6.07) is 7.13. The van der Waals surface area contributed by atoms with Crippen LogP contribution in [0.3, 0.4) is 0 Å². The average molecular weight is 154 g/mol. The quantitative estimate of drug-likeness (QED) is 0.298. The van der Waals surface area contributed by atoms with Crippen molar-refractivity contribution < 1.29 is 34.7 Å². The second-order valence-electron chi connectivity index (χ2n) is 1.90. The Labute approximate surface area is 88.7 Å². The summed E-state index contributed by atoms with van der Waals surface area (Å²) in [5.74, 6) is 2.47. The van der Waals surface area contributed by atoms with Crippen molar-refractivity contribution in [1.29, 1.82) is 0 Å². The molecular weight excluding hydrogens is 147 g/mol. The molecule has 0 aliphatic carbocycles. The second-order valence-corrected chi connectivity index (χ2v) is 1.90. The van der Waals surface area contributed by atoms with Gasteiger partial charge in [0, 0.05) is 0 Å². The van der Waals surface area contributed by atoms with Crippen LogP contribution in [0.5, 0.6) is 0 Å².